The smallest absolute Gasteiger partial charge is 0.104 e. The second-order valence-corrected chi connectivity index (χ2v) is 3.38. The van der Waals surface area contributed by atoms with Crippen LogP contribution < -0.4 is 0 Å². The van der Waals surface area contributed by atoms with Gasteiger partial charge >= 0.3 is 0 Å². The van der Waals surface area contributed by atoms with Gasteiger partial charge in [0.25, 0.3) is 0 Å². The van der Waals surface area contributed by atoms with Crippen molar-refractivity contribution in [1.29, 1.82) is 0 Å². The Kier molecular flexibility index (Phi) is 2.11. The minimum absolute atomic E-state index is 0.124. The average molecular weight is 158 g/mol. The zero-order valence-electron chi connectivity index (χ0n) is 6.53. The van der Waals surface area contributed by atoms with Crippen LogP contribution in [0.15, 0.2) is 0 Å². The SMILES string of the molecule is OC1CCC(OC2COC2)C1. The molecular formula is C8H14O3. The molecule has 1 aliphatic carbocycles. The van der Waals surface area contributed by atoms with Crippen molar-refractivity contribution in [2.45, 2.75) is 37.6 Å². The summed E-state index contributed by atoms with van der Waals surface area (Å²) in [5.41, 5.74) is 0. The Balaban J connectivity index is 1.70. The minimum Gasteiger partial charge on any atom is -0.393 e. The molecule has 1 aliphatic heterocycles. The first-order valence-corrected chi connectivity index (χ1v) is 4.26. The third-order valence-electron chi connectivity index (χ3n) is 2.35. The Hall–Kier alpha value is -0.120. The van der Waals surface area contributed by atoms with Crippen LogP contribution in [0.3, 0.4) is 0 Å². The molecule has 1 N–H and O–H groups in total. The van der Waals surface area contributed by atoms with Gasteiger partial charge in [0.2, 0.25) is 0 Å². The van der Waals surface area contributed by atoms with Crippen LogP contribution in [-0.4, -0.2) is 36.6 Å². The molecule has 3 heteroatoms. The van der Waals surface area contributed by atoms with Gasteiger partial charge in [0.05, 0.1) is 25.4 Å². The summed E-state index contributed by atoms with van der Waals surface area (Å²) in [6, 6.07) is 0. The summed E-state index contributed by atoms with van der Waals surface area (Å²) in [6.45, 7) is 1.49. The van der Waals surface area contributed by atoms with Crippen LogP contribution in [0.5, 0.6) is 0 Å². The van der Waals surface area contributed by atoms with Gasteiger partial charge in [-0.25, -0.2) is 0 Å². The van der Waals surface area contributed by atoms with E-state index in [1.807, 2.05) is 0 Å². The van der Waals surface area contributed by atoms with Gasteiger partial charge in [0.1, 0.15) is 6.10 Å². The summed E-state index contributed by atoms with van der Waals surface area (Å²) in [5.74, 6) is 0. The van der Waals surface area contributed by atoms with Gasteiger partial charge in [0, 0.05) is 0 Å². The Labute approximate surface area is 66.3 Å². The lowest BCUT2D eigenvalue weighted by atomic mass is 10.2. The normalized spacial score (nSPS) is 39.0. The van der Waals surface area contributed by atoms with Crippen molar-refractivity contribution >= 4 is 0 Å². The minimum atomic E-state index is -0.124. The molecule has 0 aromatic heterocycles. The number of aliphatic hydroxyl groups is 1. The van der Waals surface area contributed by atoms with Crippen LogP contribution in [0.4, 0.5) is 0 Å². The Morgan fingerprint density at radius 1 is 1.18 bits per heavy atom. The van der Waals surface area contributed by atoms with Crippen LogP contribution in [0.2, 0.25) is 0 Å². The van der Waals surface area contributed by atoms with E-state index >= 15 is 0 Å². The molecule has 1 heterocycles. The molecule has 11 heavy (non-hydrogen) atoms. The molecule has 0 radical (unpaired) electrons. The van der Waals surface area contributed by atoms with E-state index in [0.717, 1.165) is 32.5 Å². The number of aliphatic hydroxyl groups excluding tert-OH is 1. The van der Waals surface area contributed by atoms with E-state index in [1.54, 1.807) is 0 Å². The van der Waals surface area contributed by atoms with Crippen molar-refractivity contribution < 1.29 is 14.6 Å². The van der Waals surface area contributed by atoms with E-state index in [-0.39, 0.29) is 6.10 Å². The second kappa shape index (κ2) is 3.09. The van der Waals surface area contributed by atoms with Gasteiger partial charge in [-0.15, -0.1) is 0 Å². The molecule has 64 valence electrons. The molecule has 2 atom stereocenters. The molecule has 1 saturated heterocycles. The highest BCUT2D eigenvalue weighted by Gasteiger charge is 2.28. The van der Waals surface area contributed by atoms with Crippen molar-refractivity contribution in [3.8, 4) is 0 Å². The molecule has 2 rings (SSSR count). The average Bonchev–Trinajstić information content (AvgIpc) is 2.27. The molecule has 0 spiro atoms. The third kappa shape index (κ3) is 1.72. The summed E-state index contributed by atoms with van der Waals surface area (Å²) >= 11 is 0. The second-order valence-electron chi connectivity index (χ2n) is 3.38. The summed E-state index contributed by atoms with van der Waals surface area (Å²) in [5, 5.41) is 9.19. The van der Waals surface area contributed by atoms with Gasteiger partial charge < -0.3 is 14.6 Å². The number of rotatable bonds is 2. The van der Waals surface area contributed by atoms with Gasteiger partial charge in [-0.1, -0.05) is 0 Å². The molecule has 3 nitrogen and oxygen atoms in total. The number of hydrogen-bond donors (Lipinski definition) is 1. The lowest BCUT2D eigenvalue weighted by Crippen LogP contribution is -2.38. The molecule has 0 aromatic rings. The van der Waals surface area contributed by atoms with Crippen LogP contribution >= 0.6 is 0 Å². The van der Waals surface area contributed by atoms with Gasteiger partial charge in [-0.3, -0.25) is 0 Å². The van der Waals surface area contributed by atoms with Crippen molar-refractivity contribution in [3.63, 3.8) is 0 Å². The predicted molar refractivity (Wildman–Crippen MR) is 39.3 cm³/mol. The maximum absolute atomic E-state index is 9.19. The summed E-state index contributed by atoms with van der Waals surface area (Å²) in [6.07, 6.45) is 3.21. The third-order valence-corrected chi connectivity index (χ3v) is 2.35. The maximum Gasteiger partial charge on any atom is 0.104 e. The van der Waals surface area contributed by atoms with Crippen LogP contribution in [0.1, 0.15) is 19.3 Å². The van der Waals surface area contributed by atoms with Crippen LogP contribution in [-0.2, 0) is 9.47 Å². The monoisotopic (exact) mass is 158 g/mol. The number of hydrogen-bond acceptors (Lipinski definition) is 3. The summed E-state index contributed by atoms with van der Waals surface area (Å²) in [4.78, 5) is 0. The highest BCUT2D eigenvalue weighted by Crippen LogP contribution is 2.24. The highest BCUT2D eigenvalue weighted by atomic mass is 16.6. The molecular weight excluding hydrogens is 144 g/mol. The molecule has 1 saturated carbocycles. The van der Waals surface area contributed by atoms with E-state index in [0.29, 0.717) is 12.2 Å². The Bertz CT molecular complexity index is 133. The van der Waals surface area contributed by atoms with Crippen molar-refractivity contribution in [3.05, 3.63) is 0 Å². The zero-order chi connectivity index (χ0) is 7.68. The molecule has 2 aliphatic rings. The molecule has 2 unspecified atom stereocenters. The van der Waals surface area contributed by atoms with Gasteiger partial charge in [-0.2, -0.15) is 0 Å². The quantitative estimate of drug-likeness (QED) is 0.628. The van der Waals surface area contributed by atoms with E-state index in [1.165, 1.54) is 0 Å². The van der Waals surface area contributed by atoms with Gasteiger partial charge in [-0.05, 0) is 19.3 Å². The Morgan fingerprint density at radius 2 is 2.00 bits per heavy atom. The van der Waals surface area contributed by atoms with Crippen LogP contribution in [0, 0.1) is 0 Å². The molecule has 2 fully saturated rings. The molecule has 0 bridgehead atoms. The highest BCUT2D eigenvalue weighted by molar-refractivity contribution is 4.77. The summed E-state index contributed by atoms with van der Waals surface area (Å²) in [7, 11) is 0. The topological polar surface area (TPSA) is 38.7 Å². The number of ether oxygens (including phenoxy) is 2. The molecule has 0 amide bonds. The van der Waals surface area contributed by atoms with E-state index in [2.05, 4.69) is 0 Å². The predicted octanol–water partition coefficient (Wildman–Crippen LogP) is 0.315. The van der Waals surface area contributed by atoms with Crippen molar-refractivity contribution in [1.82, 2.24) is 0 Å². The fourth-order valence-corrected chi connectivity index (χ4v) is 1.61. The first kappa shape index (κ1) is 7.53. The van der Waals surface area contributed by atoms with Crippen molar-refractivity contribution in [2.24, 2.45) is 0 Å². The molecule has 0 aromatic carbocycles. The first-order chi connectivity index (χ1) is 5.34. The lowest BCUT2D eigenvalue weighted by molar-refractivity contribution is -0.153. The summed E-state index contributed by atoms with van der Waals surface area (Å²) < 4.78 is 10.6. The van der Waals surface area contributed by atoms with E-state index < -0.39 is 0 Å². The van der Waals surface area contributed by atoms with E-state index in [4.69, 9.17) is 9.47 Å². The standard InChI is InChI=1S/C8H14O3/c9-6-1-2-7(3-6)11-8-4-10-5-8/h6-9H,1-5H2. The lowest BCUT2D eigenvalue weighted by Gasteiger charge is -2.28. The fourth-order valence-electron chi connectivity index (χ4n) is 1.61. The first-order valence-electron chi connectivity index (χ1n) is 4.26. The largest absolute Gasteiger partial charge is 0.393 e. The Morgan fingerprint density at radius 3 is 2.45 bits per heavy atom. The maximum atomic E-state index is 9.19. The van der Waals surface area contributed by atoms with Crippen LogP contribution in [0.25, 0.3) is 0 Å². The fraction of sp³-hybridized carbons (Fsp3) is 1.00. The van der Waals surface area contributed by atoms with E-state index in [9.17, 15) is 5.11 Å². The van der Waals surface area contributed by atoms with Crippen molar-refractivity contribution in [2.75, 3.05) is 13.2 Å². The zero-order valence-corrected chi connectivity index (χ0v) is 6.53. The van der Waals surface area contributed by atoms with Gasteiger partial charge in [0.15, 0.2) is 0 Å².